The maximum Gasteiger partial charge on any atom is 0.0577 e. The van der Waals surface area contributed by atoms with Crippen molar-refractivity contribution in [2.24, 2.45) is 0 Å². The number of rotatable bonds is 7. The summed E-state index contributed by atoms with van der Waals surface area (Å²) in [7, 11) is 2.24. The average molecular weight is 280 g/mol. The van der Waals surface area contributed by atoms with Crippen molar-refractivity contribution in [3.8, 4) is 0 Å². The van der Waals surface area contributed by atoms with Gasteiger partial charge in [0.2, 0.25) is 0 Å². The van der Waals surface area contributed by atoms with Crippen molar-refractivity contribution in [2.45, 2.75) is 24.9 Å². The Morgan fingerprint density at radius 2 is 1.48 bits per heavy atom. The van der Waals surface area contributed by atoms with E-state index in [1.807, 2.05) is 0 Å². The fourth-order valence-electron chi connectivity index (χ4n) is 2.80. The molecule has 1 fully saturated rings. The zero-order valence-corrected chi connectivity index (χ0v) is 12.7. The summed E-state index contributed by atoms with van der Waals surface area (Å²) in [5.74, 6) is 0. The van der Waals surface area contributed by atoms with E-state index in [0.29, 0.717) is 0 Å². The van der Waals surface area contributed by atoms with Crippen molar-refractivity contribution in [1.29, 1.82) is 0 Å². The molecule has 2 aromatic rings. The van der Waals surface area contributed by atoms with E-state index in [1.54, 1.807) is 0 Å². The van der Waals surface area contributed by atoms with Gasteiger partial charge in [0, 0.05) is 19.1 Å². The van der Waals surface area contributed by atoms with Crippen LogP contribution >= 0.6 is 0 Å². The first-order valence-electron chi connectivity index (χ1n) is 7.88. The van der Waals surface area contributed by atoms with Crippen LogP contribution in [-0.2, 0) is 0 Å². The summed E-state index contributed by atoms with van der Waals surface area (Å²) in [5.41, 5.74) is 2.66. The van der Waals surface area contributed by atoms with Crippen molar-refractivity contribution in [3.05, 3.63) is 71.8 Å². The Hall–Kier alpha value is -1.64. The lowest BCUT2D eigenvalue weighted by molar-refractivity contribution is 0.318. The summed E-state index contributed by atoms with van der Waals surface area (Å²) in [6, 6.07) is 22.5. The topological polar surface area (TPSA) is 15.3 Å². The van der Waals surface area contributed by atoms with Crippen LogP contribution in [0.25, 0.3) is 0 Å². The number of hydrogen-bond donors (Lipinski definition) is 1. The van der Waals surface area contributed by atoms with Gasteiger partial charge in [0.25, 0.3) is 0 Å². The lowest BCUT2D eigenvalue weighted by Gasteiger charge is -2.22. The van der Waals surface area contributed by atoms with Gasteiger partial charge in [-0.05, 0) is 31.0 Å². The quantitative estimate of drug-likeness (QED) is 0.835. The van der Waals surface area contributed by atoms with Gasteiger partial charge in [-0.15, -0.1) is 0 Å². The number of benzene rings is 2. The van der Waals surface area contributed by atoms with Crippen LogP contribution in [0.5, 0.6) is 0 Å². The summed E-state index contributed by atoms with van der Waals surface area (Å²) >= 11 is 0. The van der Waals surface area contributed by atoms with Gasteiger partial charge in [-0.2, -0.15) is 0 Å². The predicted octanol–water partition coefficient (Wildman–Crippen LogP) is 3.46. The first-order valence-corrected chi connectivity index (χ1v) is 7.88. The zero-order chi connectivity index (χ0) is 14.5. The molecule has 1 aliphatic rings. The van der Waals surface area contributed by atoms with Crippen LogP contribution in [0, 0.1) is 0 Å². The molecular weight excluding hydrogens is 256 g/mol. The monoisotopic (exact) mass is 280 g/mol. The van der Waals surface area contributed by atoms with E-state index in [0.717, 1.165) is 19.1 Å². The summed E-state index contributed by atoms with van der Waals surface area (Å²) < 4.78 is 0. The van der Waals surface area contributed by atoms with Crippen molar-refractivity contribution in [3.63, 3.8) is 0 Å². The maximum absolute atomic E-state index is 3.72. The van der Waals surface area contributed by atoms with Gasteiger partial charge in [-0.25, -0.2) is 0 Å². The van der Waals surface area contributed by atoms with Gasteiger partial charge in [-0.3, -0.25) is 0 Å². The van der Waals surface area contributed by atoms with E-state index in [1.165, 1.54) is 24.0 Å². The fourth-order valence-corrected chi connectivity index (χ4v) is 2.80. The molecule has 0 saturated heterocycles. The first kappa shape index (κ1) is 14.3. The van der Waals surface area contributed by atoms with Gasteiger partial charge in [-0.1, -0.05) is 60.7 Å². The highest BCUT2D eigenvalue weighted by Gasteiger charge is 2.25. The minimum Gasteiger partial charge on any atom is -0.305 e. The second-order valence-corrected chi connectivity index (χ2v) is 5.92. The lowest BCUT2D eigenvalue weighted by Crippen LogP contribution is -2.33. The van der Waals surface area contributed by atoms with E-state index in [-0.39, 0.29) is 6.04 Å². The van der Waals surface area contributed by atoms with E-state index < -0.39 is 0 Å². The molecule has 2 aromatic carbocycles. The smallest absolute Gasteiger partial charge is 0.0577 e. The zero-order valence-electron chi connectivity index (χ0n) is 12.7. The Kier molecular flexibility index (Phi) is 4.69. The van der Waals surface area contributed by atoms with E-state index in [9.17, 15) is 0 Å². The Bertz CT molecular complexity index is 495. The van der Waals surface area contributed by atoms with Crippen LogP contribution in [0.4, 0.5) is 0 Å². The third kappa shape index (κ3) is 3.93. The van der Waals surface area contributed by atoms with Crippen molar-refractivity contribution >= 4 is 0 Å². The van der Waals surface area contributed by atoms with E-state index in [4.69, 9.17) is 0 Å². The normalized spacial score (nSPS) is 14.8. The molecule has 0 bridgehead atoms. The van der Waals surface area contributed by atoms with Crippen molar-refractivity contribution in [2.75, 3.05) is 20.1 Å². The highest BCUT2D eigenvalue weighted by atomic mass is 15.2. The molecule has 1 aliphatic carbocycles. The van der Waals surface area contributed by atoms with Gasteiger partial charge >= 0.3 is 0 Å². The van der Waals surface area contributed by atoms with Gasteiger partial charge in [0.05, 0.1) is 6.04 Å². The molecule has 1 N–H and O–H groups in total. The number of likely N-dealkylation sites (N-methyl/N-ethyl adjacent to an activating group) is 1. The van der Waals surface area contributed by atoms with Gasteiger partial charge in [0.1, 0.15) is 0 Å². The molecule has 2 heteroatoms. The molecule has 0 spiro atoms. The molecule has 1 saturated carbocycles. The Morgan fingerprint density at radius 1 is 0.952 bits per heavy atom. The molecule has 21 heavy (non-hydrogen) atoms. The second-order valence-electron chi connectivity index (χ2n) is 5.92. The van der Waals surface area contributed by atoms with Crippen LogP contribution in [-0.4, -0.2) is 31.1 Å². The average Bonchev–Trinajstić information content (AvgIpc) is 3.38. The van der Waals surface area contributed by atoms with Crippen LogP contribution < -0.4 is 5.32 Å². The minimum absolute atomic E-state index is 0.278. The molecule has 0 unspecified atom stereocenters. The summed E-state index contributed by atoms with van der Waals surface area (Å²) in [5, 5.41) is 3.72. The predicted molar refractivity (Wildman–Crippen MR) is 88.4 cm³/mol. The highest BCUT2D eigenvalue weighted by molar-refractivity contribution is 5.31. The largest absolute Gasteiger partial charge is 0.305 e. The fraction of sp³-hybridized carbons (Fsp3) is 0.368. The molecule has 3 rings (SSSR count). The minimum atomic E-state index is 0.278. The van der Waals surface area contributed by atoms with Crippen LogP contribution in [0.2, 0.25) is 0 Å². The lowest BCUT2D eigenvalue weighted by atomic mass is 9.99. The Balaban J connectivity index is 1.67. The molecule has 110 valence electrons. The molecule has 0 aromatic heterocycles. The van der Waals surface area contributed by atoms with Gasteiger partial charge in [0.15, 0.2) is 0 Å². The Morgan fingerprint density at radius 3 is 1.95 bits per heavy atom. The SMILES string of the molecule is CN(CCNC(c1ccccc1)c1ccccc1)C1CC1. The highest BCUT2D eigenvalue weighted by Crippen LogP contribution is 2.25. The number of nitrogens with zero attached hydrogens (tertiary/aromatic N) is 1. The molecule has 0 atom stereocenters. The summed E-state index contributed by atoms with van der Waals surface area (Å²) in [6.07, 6.45) is 2.74. The van der Waals surface area contributed by atoms with E-state index >= 15 is 0 Å². The summed E-state index contributed by atoms with van der Waals surface area (Å²) in [6.45, 7) is 2.13. The summed E-state index contributed by atoms with van der Waals surface area (Å²) in [4.78, 5) is 2.47. The standard InChI is InChI=1S/C19H24N2/c1-21(18-12-13-18)15-14-20-19(16-8-4-2-5-9-16)17-10-6-3-7-11-17/h2-11,18-20H,12-15H2,1H3. The first-order chi connectivity index (χ1) is 10.3. The van der Waals surface area contributed by atoms with E-state index in [2.05, 4.69) is 77.9 Å². The van der Waals surface area contributed by atoms with Crippen LogP contribution in [0.3, 0.4) is 0 Å². The molecule has 0 aliphatic heterocycles. The van der Waals surface area contributed by atoms with Crippen molar-refractivity contribution < 1.29 is 0 Å². The van der Waals surface area contributed by atoms with Crippen LogP contribution in [0.1, 0.15) is 30.0 Å². The molecular formula is C19H24N2. The second kappa shape index (κ2) is 6.88. The molecule has 0 heterocycles. The maximum atomic E-state index is 3.72. The van der Waals surface area contributed by atoms with Crippen LogP contribution in [0.15, 0.2) is 60.7 Å². The third-order valence-corrected chi connectivity index (χ3v) is 4.25. The Labute approximate surface area is 127 Å². The molecule has 0 amide bonds. The van der Waals surface area contributed by atoms with Gasteiger partial charge < -0.3 is 10.2 Å². The number of nitrogens with one attached hydrogen (secondary N) is 1. The number of hydrogen-bond acceptors (Lipinski definition) is 2. The third-order valence-electron chi connectivity index (χ3n) is 4.25. The van der Waals surface area contributed by atoms with Crippen molar-refractivity contribution in [1.82, 2.24) is 10.2 Å². The molecule has 0 radical (unpaired) electrons. The molecule has 2 nitrogen and oxygen atoms in total.